The van der Waals surface area contributed by atoms with Gasteiger partial charge in [-0.15, -0.1) is 0 Å². The number of hydrogen-bond donors (Lipinski definition) is 1. The summed E-state index contributed by atoms with van der Waals surface area (Å²) in [5.74, 6) is -0.549. The Bertz CT molecular complexity index is 1150. The molecule has 4 rings (SSSR count). The number of carbonyl (C=O) groups is 1. The summed E-state index contributed by atoms with van der Waals surface area (Å²) in [6, 6.07) is 6.28. The van der Waals surface area contributed by atoms with Gasteiger partial charge in [-0.3, -0.25) is 14.2 Å². The number of amides is 1. The highest BCUT2D eigenvalue weighted by atomic mass is 19.1. The molecular formula is C22H25FN6O2. The van der Waals surface area contributed by atoms with E-state index < -0.39 is 6.10 Å². The zero-order chi connectivity index (χ0) is 22.1. The number of anilines is 1. The van der Waals surface area contributed by atoms with E-state index in [2.05, 4.69) is 20.7 Å². The lowest BCUT2D eigenvalue weighted by atomic mass is 10.1. The van der Waals surface area contributed by atoms with Gasteiger partial charge in [0.2, 0.25) is 6.10 Å². The highest BCUT2D eigenvalue weighted by Crippen LogP contribution is 2.24. The summed E-state index contributed by atoms with van der Waals surface area (Å²) in [5.41, 5.74) is 5.57. The van der Waals surface area contributed by atoms with Crippen molar-refractivity contribution in [2.75, 3.05) is 5.32 Å². The quantitative estimate of drug-likeness (QED) is 0.658. The maximum absolute atomic E-state index is 13.1. The monoisotopic (exact) mass is 424 g/mol. The van der Waals surface area contributed by atoms with Crippen LogP contribution in [0.1, 0.15) is 41.6 Å². The number of hydrogen-bond acceptors (Lipinski definition) is 5. The average molecular weight is 424 g/mol. The van der Waals surface area contributed by atoms with Crippen LogP contribution in [-0.2, 0) is 22.7 Å². The van der Waals surface area contributed by atoms with Gasteiger partial charge < -0.3 is 10.2 Å². The maximum Gasteiger partial charge on any atom is 0.268 e. The maximum atomic E-state index is 13.1. The summed E-state index contributed by atoms with van der Waals surface area (Å²) in [4.78, 5) is 18.3. The van der Waals surface area contributed by atoms with E-state index in [-0.39, 0.29) is 11.7 Å². The van der Waals surface area contributed by atoms with Crippen LogP contribution in [-0.4, -0.2) is 37.3 Å². The Balaban J connectivity index is 1.44. The molecule has 1 atom stereocenters. The zero-order valence-electron chi connectivity index (χ0n) is 18.0. The molecule has 8 nitrogen and oxygen atoms in total. The van der Waals surface area contributed by atoms with Crippen molar-refractivity contribution in [2.24, 2.45) is 5.16 Å². The normalized spacial score (nSPS) is 15.6. The number of aryl methyl sites for hydroxylation is 3. The number of oxime groups is 1. The van der Waals surface area contributed by atoms with Crippen LogP contribution in [0.15, 0.2) is 35.6 Å². The Hall–Kier alpha value is -3.49. The van der Waals surface area contributed by atoms with Gasteiger partial charge in [-0.25, -0.2) is 4.39 Å². The molecule has 0 spiro atoms. The van der Waals surface area contributed by atoms with Crippen molar-refractivity contribution in [2.45, 2.75) is 53.3 Å². The molecule has 1 aliphatic heterocycles. The van der Waals surface area contributed by atoms with Gasteiger partial charge in [0.1, 0.15) is 5.82 Å². The van der Waals surface area contributed by atoms with Gasteiger partial charge in [-0.2, -0.15) is 10.2 Å². The lowest BCUT2D eigenvalue weighted by Crippen LogP contribution is -2.28. The highest BCUT2D eigenvalue weighted by molar-refractivity contribution is 6.06. The van der Waals surface area contributed by atoms with E-state index in [1.54, 1.807) is 16.8 Å². The molecule has 0 bridgehead atoms. The van der Waals surface area contributed by atoms with E-state index in [1.807, 2.05) is 38.6 Å². The first-order chi connectivity index (χ1) is 14.9. The van der Waals surface area contributed by atoms with Crippen molar-refractivity contribution in [3.05, 3.63) is 64.5 Å². The third kappa shape index (κ3) is 4.21. The lowest BCUT2D eigenvalue weighted by molar-refractivity contribution is -0.125. The first-order valence-corrected chi connectivity index (χ1v) is 10.2. The highest BCUT2D eigenvalue weighted by Gasteiger charge is 2.31. The minimum absolute atomic E-state index is 0.271. The standard InChI is InChI=1S/C22H25FN6O2/c1-5-28-12-18(13(2)25-28)19-10-20(31-27-19)22(30)24-21-14(3)26-29(15(21)4)11-16-6-8-17(23)9-7-16/h6-9,12,20H,5,10-11H2,1-4H3,(H,24,30)/t20-/m1/s1. The minimum Gasteiger partial charge on any atom is -0.382 e. The molecule has 0 fully saturated rings. The first kappa shape index (κ1) is 20.8. The molecule has 3 heterocycles. The van der Waals surface area contributed by atoms with Gasteiger partial charge >= 0.3 is 0 Å². The van der Waals surface area contributed by atoms with Gasteiger partial charge in [-0.1, -0.05) is 17.3 Å². The third-order valence-electron chi connectivity index (χ3n) is 5.42. The van der Waals surface area contributed by atoms with Crippen molar-refractivity contribution >= 4 is 17.3 Å². The van der Waals surface area contributed by atoms with Crippen molar-refractivity contribution < 1.29 is 14.0 Å². The largest absolute Gasteiger partial charge is 0.382 e. The van der Waals surface area contributed by atoms with Crippen LogP contribution in [0.5, 0.6) is 0 Å². The second-order valence-electron chi connectivity index (χ2n) is 7.64. The van der Waals surface area contributed by atoms with Crippen molar-refractivity contribution in [1.82, 2.24) is 19.6 Å². The van der Waals surface area contributed by atoms with E-state index >= 15 is 0 Å². The molecule has 1 aliphatic rings. The van der Waals surface area contributed by atoms with Crippen LogP contribution in [0.25, 0.3) is 0 Å². The molecule has 2 aromatic heterocycles. The molecule has 162 valence electrons. The number of carbonyl (C=O) groups excluding carboxylic acids is 1. The van der Waals surface area contributed by atoms with Crippen LogP contribution in [0.4, 0.5) is 10.1 Å². The predicted molar refractivity (Wildman–Crippen MR) is 114 cm³/mol. The van der Waals surface area contributed by atoms with Gasteiger partial charge in [0.05, 0.1) is 35.0 Å². The molecule has 3 aromatic rings. The fourth-order valence-corrected chi connectivity index (χ4v) is 3.64. The van der Waals surface area contributed by atoms with Crippen molar-refractivity contribution in [3.8, 4) is 0 Å². The summed E-state index contributed by atoms with van der Waals surface area (Å²) >= 11 is 0. The molecule has 0 unspecified atom stereocenters. The van der Waals surface area contributed by atoms with Crippen molar-refractivity contribution in [1.29, 1.82) is 0 Å². The van der Waals surface area contributed by atoms with E-state index in [1.165, 1.54) is 12.1 Å². The predicted octanol–water partition coefficient (Wildman–Crippen LogP) is 3.34. The summed E-state index contributed by atoms with van der Waals surface area (Å²) in [7, 11) is 0. The topological polar surface area (TPSA) is 86.3 Å². The molecule has 0 saturated carbocycles. The van der Waals surface area contributed by atoms with Crippen LogP contribution >= 0.6 is 0 Å². The van der Waals surface area contributed by atoms with E-state index in [0.29, 0.717) is 24.3 Å². The van der Waals surface area contributed by atoms with Crippen LogP contribution in [0, 0.1) is 26.6 Å². The Morgan fingerprint density at radius 1 is 1.19 bits per heavy atom. The fourth-order valence-electron chi connectivity index (χ4n) is 3.64. The second-order valence-corrected chi connectivity index (χ2v) is 7.64. The first-order valence-electron chi connectivity index (χ1n) is 10.2. The lowest BCUT2D eigenvalue weighted by Gasteiger charge is -2.10. The molecule has 0 radical (unpaired) electrons. The number of aromatic nitrogens is 4. The fraction of sp³-hybridized carbons (Fsp3) is 0.364. The number of rotatable bonds is 6. The summed E-state index contributed by atoms with van der Waals surface area (Å²) in [6.45, 7) is 8.90. The minimum atomic E-state index is -0.710. The Morgan fingerprint density at radius 2 is 1.94 bits per heavy atom. The van der Waals surface area contributed by atoms with Gasteiger partial charge in [0.15, 0.2) is 0 Å². The Morgan fingerprint density at radius 3 is 2.61 bits per heavy atom. The van der Waals surface area contributed by atoms with E-state index in [4.69, 9.17) is 4.84 Å². The van der Waals surface area contributed by atoms with Crippen LogP contribution < -0.4 is 5.32 Å². The molecule has 9 heteroatoms. The van der Waals surface area contributed by atoms with E-state index in [0.717, 1.165) is 34.8 Å². The molecule has 0 aliphatic carbocycles. The smallest absolute Gasteiger partial charge is 0.268 e. The van der Waals surface area contributed by atoms with Gasteiger partial charge in [-0.05, 0) is 45.4 Å². The zero-order valence-corrected chi connectivity index (χ0v) is 18.0. The Labute approximate surface area is 179 Å². The van der Waals surface area contributed by atoms with Crippen LogP contribution in [0.2, 0.25) is 0 Å². The molecule has 1 amide bonds. The molecule has 0 saturated heterocycles. The molecule has 31 heavy (non-hydrogen) atoms. The van der Waals surface area contributed by atoms with Crippen LogP contribution in [0.3, 0.4) is 0 Å². The third-order valence-corrected chi connectivity index (χ3v) is 5.42. The second kappa shape index (κ2) is 8.33. The number of benzene rings is 1. The van der Waals surface area contributed by atoms with E-state index in [9.17, 15) is 9.18 Å². The number of halogens is 1. The van der Waals surface area contributed by atoms with Crippen molar-refractivity contribution in [3.63, 3.8) is 0 Å². The van der Waals surface area contributed by atoms with Gasteiger partial charge in [0.25, 0.3) is 5.91 Å². The molecule has 1 aromatic carbocycles. The summed E-state index contributed by atoms with van der Waals surface area (Å²) in [5, 5.41) is 16.0. The molecular weight excluding hydrogens is 399 g/mol. The summed E-state index contributed by atoms with van der Waals surface area (Å²) in [6.07, 6.45) is 1.59. The number of nitrogens with zero attached hydrogens (tertiary/aromatic N) is 5. The number of nitrogens with one attached hydrogen (secondary N) is 1. The Kier molecular flexibility index (Phi) is 5.58. The SMILES string of the molecule is CCn1cc(C2=NO[C@@H](C(=O)Nc3c(C)nn(Cc4ccc(F)cc4)c3C)C2)c(C)n1. The molecule has 1 N–H and O–H groups in total. The summed E-state index contributed by atoms with van der Waals surface area (Å²) < 4.78 is 16.8. The average Bonchev–Trinajstić information content (AvgIpc) is 3.44. The van der Waals surface area contributed by atoms with Gasteiger partial charge in [0, 0.05) is 24.7 Å².